The highest BCUT2D eigenvalue weighted by Gasteiger charge is 2.36. The minimum atomic E-state index is -0.599. The second kappa shape index (κ2) is 5.64. The molecule has 2 nitrogen and oxygen atoms in total. The quantitative estimate of drug-likeness (QED) is 0.716. The summed E-state index contributed by atoms with van der Waals surface area (Å²) in [5.74, 6) is -0.240. The topological polar surface area (TPSA) is 24.4 Å². The van der Waals surface area contributed by atoms with E-state index >= 15 is 0 Å². The van der Waals surface area contributed by atoms with Crippen molar-refractivity contribution in [1.29, 1.82) is 0 Å². The van der Waals surface area contributed by atoms with Crippen molar-refractivity contribution in [2.24, 2.45) is 4.99 Å². The molecule has 2 aliphatic rings. The van der Waals surface area contributed by atoms with Crippen LogP contribution in [0.15, 0.2) is 21.6 Å². The number of rotatable bonds is 1. The van der Waals surface area contributed by atoms with Gasteiger partial charge in [0.05, 0.1) is 15.7 Å². The van der Waals surface area contributed by atoms with Crippen LogP contribution >= 0.6 is 27.7 Å². The van der Waals surface area contributed by atoms with Crippen molar-refractivity contribution in [3.05, 3.63) is 28.2 Å². The van der Waals surface area contributed by atoms with Gasteiger partial charge in [0, 0.05) is 11.8 Å². The molecule has 3 rings (SSSR count). The van der Waals surface area contributed by atoms with E-state index in [1.54, 1.807) is 11.8 Å². The van der Waals surface area contributed by atoms with Gasteiger partial charge in [-0.15, -0.1) is 0 Å². The van der Waals surface area contributed by atoms with Crippen LogP contribution in [-0.2, 0) is 0 Å². The first-order valence-electron chi connectivity index (χ1n) is 6.72. The van der Waals surface area contributed by atoms with Gasteiger partial charge < -0.3 is 5.32 Å². The Hall–Kier alpha value is -0.620. The van der Waals surface area contributed by atoms with Gasteiger partial charge in [-0.25, -0.2) is 8.78 Å². The first-order chi connectivity index (χ1) is 9.58. The first kappa shape index (κ1) is 14.3. The summed E-state index contributed by atoms with van der Waals surface area (Å²) in [4.78, 5) is 4.76. The van der Waals surface area contributed by atoms with E-state index in [2.05, 4.69) is 21.2 Å². The molecule has 1 aliphatic heterocycles. The summed E-state index contributed by atoms with van der Waals surface area (Å²) in [7, 11) is 0. The molecular formula is C14H15BrF2N2S. The predicted octanol–water partition coefficient (Wildman–Crippen LogP) is 4.94. The Balaban J connectivity index is 1.78. The van der Waals surface area contributed by atoms with Crippen LogP contribution in [0.25, 0.3) is 0 Å². The Morgan fingerprint density at radius 1 is 1.15 bits per heavy atom. The molecule has 1 N–H and O–H groups in total. The fourth-order valence-electron chi connectivity index (χ4n) is 2.75. The van der Waals surface area contributed by atoms with E-state index in [0.29, 0.717) is 0 Å². The number of nitrogens with one attached hydrogen (secondary N) is 1. The number of nitrogens with zero attached hydrogens (tertiary/aromatic N) is 1. The number of halogens is 3. The SMILES string of the molecule is Fc1cc(F)c(NC2=NC3(CCCCC3)CS2)cc1Br. The zero-order chi connectivity index (χ0) is 14.2. The number of aliphatic imine (C=N–C) groups is 1. The lowest BCUT2D eigenvalue weighted by atomic mass is 9.84. The number of thioether (sulfide) groups is 1. The predicted molar refractivity (Wildman–Crippen MR) is 83.4 cm³/mol. The van der Waals surface area contributed by atoms with Crippen LogP contribution in [0.2, 0.25) is 0 Å². The fraction of sp³-hybridized carbons (Fsp3) is 0.500. The molecule has 0 atom stereocenters. The van der Waals surface area contributed by atoms with Gasteiger partial charge in [-0.05, 0) is 34.8 Å². The molecule has 1 aromatic rings. The maximum Gasteiger partial charge on any atom is 0.161 e. The standard InChI is InChI=1S/C14H15BrF2N2S/c15-9-6-12(11(17)7-10(9)16)18-13-19-14(8-20-13)4-2-1-3-5-14/h6-7H,1-5,8H2,(H,18,19). The zero-order valence-electron chi connectivity index (χ0n) is 10.9. The third kappa shape index (κ3) is 2.86. The third-order valence-corrected chi connectivity index (χ3v) is 5.61. The molecule has 0 bridgehead atoms. The molecule has 0 unspecified atom stereocenters. The molecule has 6 heteroatoms. The molecule has 0 amide bonds. The molecule has 1 spiro atoms. The number of anilines is 1. The molecule has 1 fully saturated rings. The average molecular weight is 361 g/mol. The summed E-state index contributed by atoms with van der Waals surface area (Å²) in [6.45, 7) is 0. The maximum absolute atomic E-state index is 13.7. The van der Waals surface area contributed by atoms with Gasteiger partial charge in [0.1, 0.15) is 11.6 Å². The van der Waals surface area contributed by atoms with Gasteiger partial charge in [-0.3, -0.25) is 4.99 Å². The summed E-state index contributed by atoms with van der Waals surface area (Å²) < 4.78 is 27.2. The average Bonchev–Trinajstić information content (AvgIpc) is 2.79. The van der Waals surface area contributed by atoms with E-state index in [4.69, 9.17) is 4.99 Å². The van der Waals surface area contributed by atoms with Crippen LogP contribution < -0.4 is 5.32 Å². The van der Waals surface area contributed by atoms with Crippen LogP contribution in [-0.4, -0.2) is 16.5 Å². The largest absolute Gasteiger partial charge is 0.333 e. The molecule has 1 heterocycles. The van der Waals surface area contributed by atoms with Crippen molar-refractivity contribution >= 4 is 38.5 Å². The van der Waals surface area contributed by atoms with Gasteiger partial charge in [0.2, 0.25) is 0 Å². The molecule has 1 saturated carbocycles. The van der Waals surface area contributed by atoms with Gasteiger partial charge in [-0.1, -0.05) is 31.0 Å². The minimum absolute atomic E-state index is 0.0407. The van der Waals surface area contributed by atoms with E-state index in [1.165, 1.54) is 25.3 Å². The molecule has 108 valence electrons. The highest BCUT2D eigenvalue weighted by molar-refractivity contribution is 9.10. The molecule has 1 aromatic carbocycles. The maximum atomic E-state index is 13.7. The number of amidine groups is 1. The Labute approximate surface area is 129 Å². The summed E-state index contributed by atoms with van der Waals surface area (Å²) in [6, 6.07) is 2.29. The first-order valence-corrected chi connectivity index (χ1v) is 8.50. The van der Waals surface area contributed by atoms with Crippen molar-refractivity contribution < 1.29 is 8.78 Å². The Morgan fingerprint density at radius 2 is 1.90 bits per heavy atom. The van der Waals surface area contributed by atoms with Crippen molar-refractivity contribution in [2.45, 2.75) is 37.6 Å². The summed E-state index contributed by atoms with van der Waals surface area (Å²) in [6.07, 6.45) is 5.94. The van der Waals surface area contributed by atoms with Crippen LogP contribution in [0.1, 0.15) is 32.1 Å². The molecular weight excluding hydrogens is 346 g/mol. The highest BCUT2D eigenvalue weighted by Crippen LogP contribution is 2.40. The van der Waals surface area contributed by atoms with Crippen LogP contribution in [0.4, 0.5) is 14.5 Å². The molecule has 0 saturated heterocycles. The van der Waals surface area contributed by atoms with Crippen LogP contribution in [0, 0.1) is 11.6 Å². The third-order valence-electron chi connectivity index (χ3n) is 3.85. The smallest absolute Gasteiger partial charge is 0.161 e. The molecule has 0 radical (unpaired) electrons. The van der Waals surface area contributed by atoms with E-state index in [9.17, 15) is 8.78 Å². The van der Waals surface area contributed by atoms with E-state index < -0.39 is 11.6 Å². The molecule has 20 heavy (non-hydrogen) atoms. The van der Waals surface area contributed by atoms with Crippen molar-refractivity contribution in [2.75, 3.05) is 11.1 Å². The summed E-state index contributed by atoms with van der Waals surface area (Å²) in [5, 5.41) is 3.73. The summed E-state index contributed by atoms with van der Waals surface area (Å²) >= 11 is 4.70. The molecule has 0 aromatic heterocycles. The lowest BCUT2D eigenvalue weighted by Gasteiger charge is -2.29. The second-order valence-corrected chi connectivity index (χ2v) is 7.18. The van der Waals surface area contributed by atoms with Gasteiger partial charge in [0.15, 0.2) is 5.17 Å². The number of benzene rings is 1. The minimum Gasteiger partial charge on any atom is -0.333 e. The molecule has 1 aliphatic carbocycles. The van der Waals surface area contributed by atoms with E-state index in [0.717, 1.165) is 29.8 Å². The van der Waals surface area contributed by atoms with Crippen LogP contribution in [0.5, 0.6) is 0 Å². The van der Waals surface area contributed by atoms with Crippen molar-refractivity contribution in [3.63, 3.8) is 0 Å². The highest BCUT2D eigenvalue weighted by atomic mass is 79.9. The van der Waals surface area contributed by atoms with Gasteiger partial charge in [-0.2, -0.15) is 0 Å². The van der Waals surface area contributed by atoms with E-state index in [1.807, 2.05) is 0 Å². The fourth-order valence-corrected chi connectivity index (χ4v) is 4.29. The normalized spacial score (nSPS) is 21.1. The van der Waals surface area contributed by atoms with Crippen LogP contribution in [0.3, 0.4) is 0 Å². The lowest BCUT2D eigenvalue weighted by molar-refractivity contribution is 0.335. The monoisotopic (exact) mass is 360 g/mol. The Kier molecular flexibility index (Phi) is 4.04. The van der Waals surface area contributed by atoms with E-state index in [-0.39, 0.29) is 15.7 Å². The van der Waals surface area contributed by atoms with Gasteiger partial charge in [0.25, 0.3) is 0 Å². The number of hydrogen-bond donors (Lipinski definition) is 1. The van der Waals surface area contributed by atoms with Crippen molar-refractivity contribution in [3.8, 4) is 0 Å². The number of hydrogen-bond acceptors (Lipinski definition) is 3. The zero-order valence-corrected chi connectivity index (χ0v) is 13.3. The Bertz CT molecular complexity index is 556. The lowest BCUT2D eigenvalue weighted by Crippen LogP contribution is -2.29. The Morgan fingerprint density at radius 3 is 2.65 bits per heavy atom. The van der Waals surface area contributed by atoms with Crippen molar-refractivity contribution in [1.82, 2.24) is 0 Å². The van der Waals surface area contributed by atoms with Gasteiger partial charge >= 0.3 is 0 Å². The summed E-state index contributed by atoms with van der Waals surface area (Å²) in [5.41, 5.74) is 0.302. The second-order valence-electron chi connectivity index (χ2n) is 5.36.